The number of anilines is 1. The summed E-state index contributed by atoms with van der Waals surface area (Å²) in [6.07, 6.45) is 2.94. The summed E-state index contributed by atoms with van der Waals surface area (Å²) >= 11 is 5.85. The van der Waals surface area contributed by atoms with Crippen LogP contribution in [0.1, 0.15) is 27.0 Å². The van der Waals surface area contributed by atoms with Crippen LogP contribution in [0.3, 0.4) is 0 Å². The summed E-state index contributed by atoms with van der Waals surface area (Å²) in [4.78, 5) is 20.7. The molecule has 3 rings (SSSR count). The smallest absolute Gasteiger partial charge is 0.222 e. The van der Waals surface area contributed by atoms with Crippen LogP contribution in [0.2, 0.25) is 5.02 Å². The van der Waals surface area contributed by atoms with Crippen LogP contribution < -0.4 is 5.32 Å². The summed E-state index contributed by atoms with van der Waals surface area (Å²) in [5.74, 6) is 0.207. The maximum atomic E-state index is 12.4. The van der Waals surface area contributed by atoms with Crippen molar-refractivity contribution in [3.05, 3.63) is 88.2 Å². The van der Waals surface area contributed by atoms with E-state index in [1.165, 1.54) is 12.4 Å². The number of nitrogens with zero attached hydrogens (tertiary/aromatic N) is 3. The summed E-state index contributed by atoms with van der Waals surface area (Å²) in [5.41, 5.74) is 2.28. The molecule has 0 amide bonds. The van der Waals surface area contributed by atoms with Crippen molar-refractivity contribution < 1.29 is 4.79 Å². The van der Waals surface area contributed by atoms with Gasteiger partial charge in [0.05, 0.1) is 17.2 Å². The number of nitriles is 1. The van der Waals surface area contributed by atoms with Gasteiger partial charge in [-0.05, 0) is 29.8 Å². The minimum Gasteiger partial charge on any atom is -0.350 e. The van der Waals surface area contributed by atoms with Gasteiger partial charge in [-0.2, -0.15) is 5.26 Å². The molecule has 0 saturated carbocycles. The molecule has 6 heteroatoms. The maximum absolute atomic E-state index is 12.4. The van der Waals surface area contributed by atoms with Crippen molar-refractivity contribution in [1.82, 2.24) is 9.97 Å². The normalized spacial score (nSPS) is 10.1. The lowest BCUT2D eigenvalue weighted by molar-refractivity contribution is 0.103. The lowest BCUT2D eigenvalue weighted by Crippen LogP contribution is -2.07. The first-order valence-electron chi connectivity index (χ1n) is 7.51. The Balaban J connectivity index is 1.68. The Hall–Kier alpha value is -3.23. The van der Waals surface area contributed by atoms with Crippen LogP contribution in [-0.4, -0.2) is 15.8 Å². The van der Waals surface area contributed by atoms with E-state index in [0.29, 0.717) is 34.2 Å². The highest BCUT2D eigenvalue weighted by Crippen LogP contribution is 2.13. The number of carbonyl (C=O) groups is 1. The minimum absolute atomic E-state index is 0.221. The fraction of sp³-hybridized carbons (Fsp3) is 0.0526. The van der Waals surface area contributed by atoms with Crippen LogP contribution in [0.15, 0.2) is 60.9 Å². The molecule has 5 nitrogen and oxygen atoms in total. The molecule has 0 aliphatic heterocycles. The van der Waals surface area contributed by atoms with Gasteiger partial charge in [-0.1, -0.05) is 35.9 Å². The zero-order valence-corrected chi connectivity index (χ0v) is 13.9. The van der Waals surface area contributed by atoms with Crippen molar-refractivity contribution >= 4 is 23.3 Å². The number of halogens is 1. The molecule has 0 radical (unpaired) electrons. The predicted octanol–water partition coefficient (Wildman–Crippen LogP) is 3.84. The van der Waals surface area contributed by atoms with Crippen molar-refractivity contribution in [2.24, 2.45) is 0 Å². The molecule has 0 atom stereocenters. The highest BCUT2D eigenvalue weighted by molar-refractivity contribution is 6.30. The third-order valence-electron chi connectivity index (χ3n) is 3.53. The predicted molar refractivity (Wildman–Crippen MR) is 95.4 cm³/mol. The van der Waals surface area contributed by atoms with E-state index in [-0.39, 0.29) is 5.78 Å². The number of aromatic nitrogens is 2. The Kier molecular flexibility index (Phi) is 5.03. The summed E-state index contributed by atoms with van der Waals surface area (Å²) < 4.78 is 0. The van der Waals surface area contributed by atoms with Crippen LogP contribution in [0.25, 0.3) is 0 Å². The molecule has 0 aliphatic carbocycles. The fourth-order valence-electron chi connectivity index (χ4n) is 2.22. The van der Waals surface area contributed by atoms with E-state index in [9.17, 15) is 4.79 Å². The highest BCUT2D eigenvalue weighted by Gasteiger charge is 2.11. The van der Waals surface area contributed by atoms with Gasteiger partial charge < -0.3 is 5.32 Å². The number of ketones is 1. The molecule has 1 heterocycles. The molecule has 25 heavy (non-hydrogen) atoms. The molecule has 0 saturated heterocycles. The van der Waals surface area contributed by atoms with E-state index in [2.05, 4.69) is 15.3 Å². The molecule has 0 spiro atoms. The summed E-state index contributed by atoms with van der Waals surface area (Å²) in [5, 5.41) is 12.7. The number of hydrogen-bond donors (Lipinski definition) is 1. The molecule has 0 unspecified atom stereocenters. The van der Waals surface area contributed by atoms with Gasteiger partial charge >= 0.3 is 0 Å². The first-order valence-corrected chi connectivity index (χ1v) is 7.89. The highest BCUT2D eigenvalue weighted by atomic mass is 35.5. The number of rotatable bonds is 5. The molecule has 0 bridgehead atoms. The van der Waals surface area contributed by atoms with Gasteiger partial charge in [0.1, 0.15) is 0 Å². The van der Waals surface area contributed by atoms with Gasteiger partial charge in [-0.3, -0.25) is 4.79 Å². The third-order valence-corrected chi connectivity index (χ3v) is 3.78. The summed E-state index contributed by atoms with van der Waals surface area (Å²) in [6, 6.07) is 16.0. The molecular weight excluding hydrogens is 336 g/mol. The van der Waals surface area contributed by atoms with E-state index in [1.54, 1.807) is 24.3 Å². The van der Waals surface area contributed by atoms with Gasteiger partial charge in [0.15, 0.2) is 5.78 Å². The molecule has 3 aromatic rings. The largest absolute Gasteiger partial charge is 0.350 e. The average molecular weight is 349 g/mol. The van der Waals surface area contributed by atoms with E-state index in [4.69, 9.17) is 16.9 Å². The second kappa shape index (κ2) is 7.56. The Morgan fingerprint density at radius 1 is 1.08 bits per heavy atom. The molecular formula is C19H13ClN4O. The van der Waals surface area contributed by atoms with Gasteiger partial charge in [0, 0.05) is 29.5 Å². The van der Waals surface area contributed by atoms with Crippen molar-refractivity contribution in [3.8, 4) is 6.07 Å². The zero-order chi connectivity index (χ0) is 17.6. The van der Waals surface area contributed by atoms with Crippen LogP contribution in [0.4, 0.5) is 5.95 Å². The minimum atomic E-state index is -0.221. The summed E-state index contributed by atoms with van der Waals surface area (Å²) in [6.45, 7) is 0.550. The Bertz CT molecular complexity index is 931. The van der Waals surface area contributed by atoms with Crippen LogP contribution in [0.5, 0.6) is 0 Å². The number of carbonyl (C=O) groups excluding carboxylic acids is 1. The van der Waals surface area contributed by atoms with Gasteiger partial charge in [-0.25, -0.2) is 9.97 Å². The van der Waals surface area contributed by atoms with Crippen LogP contribution in [0, 0.1) is 11.3 Å². The molecule has 0 fully saturated rings. The Labute approximate surface area is 149 Å². The molecule has 122 valence electrons. The average Bonchev–Trinajstić information content (AvgIpc) is 2.67. The molecule has 2 aromatic carbocycles. The number of nitrogens with one attached hydrogen (secondary N) is 1. The number of hydrogen-bond acceptors (Lipinski definition) is 5. The maximum Gasteiger partial charge on any atom is 0.222 e. The van der Waals surface area contributed by atoms with Crippen LogP contribution >= 0.6 is 11.6 Å². The lowest BCUT2D eigenvalue weighted by Gasteiger charge is -2.06. The first-order chi connectivity index (χ1) is 12.2. The fourth-order valence-corrected chi connectivity index (χ4v) is 2.34. The third kappa shape index (κ3) is 4.19. The topological polar surface area (TPSA) is 78.7 Å². The van der Waals surface area contributed by atoms with Gasteiger partial charge in [0.2, 0.25) is 5.95 Å². The van der Waals surface area contributed by atoms with Crippen molar-refractivity contribution in [2.75, 3.05) is 5.32 Å². The van der Waals surface area contributed by atoms with E-state index < -0.39 is 0 Å². The van der Waals surface area contributed by atoms with E-state index in [0.717, 1.165) is 5.56 Å². The van der Waals surface area contributed by atoms with E-state index >= 15 is 0 Å². The Morgan fingerprint density at radius 2 is 1.80 bits per heavy atom. The monoisotopic (exact) mass is 348 g/mol. The van der Waals surface area contributed by atoms with Crippen molar-refractivity contribution in [2.45, 2.75) is 6.54 Å². The van der Waals surface area contributed by atoms with Crippen molar-refractivity contribution in [1.29, 1.82) is 5.26 Å². The quantitative estimate of drug-likeness (QED) is 0.708. The molecule has 1 N–H and O–H groups in total. The van der Waals surface area contributed by atoms with E-state index in [1.807, 2.05) is 30.3 Å². The zero-order valence-electron chi connectivity index (χ0n) is 13.1. The summed E-state index contributed by atoms with van der Waals surface area (Å²) in [7, 11) is 0. The van der Waals surface area contributed by atoms with Crippen molar-refractivity contribution in [3.63, 3.8) is 0 Å². The first kappa shape index (κ1) is 16.6. The second-order valence-corrected chi connectivity index (χ2v) is 5.73. The lowest BCUT2D eigenvalue weighted by atomic mass is 10.0. The SMILES string of the molecule is N#Cc1cccc(C(=O)c2cnc(NCc3ccc(Cl)cc3)nc2)c1. The molecule has 0 aliphatic rings. The standard InChI is InChI=1S/C19H13ClN4O/c20-17-6-4-13(5-7-17)10-22-19-23-11-16(12-24-19)18(25)15-3-1-2-14(8-15)9-21/h1-8,11-12H,10H2,(H,22,23,24). The molecule has 1 aromatic heterocycles. The van der Waals surface area contributed by atoms with Crippen LogP contribution in [-0.2, 0) is 6.54 Å². The Morgan fingerprint density at radius 3 is 2.48 bits per heavy atom. The van der Waals surface area contributed by atoms with Gasteiger partial charge in [0.25, 0.3) is 0 Å². The number of benzene rings is 2. The van der Waals surface area contributed by atoms with Gasteiger partial charge in [-0.15, -0.1) is 0 Å². The second-order valence-electron chi connectivity index (χ2n) is 5.30.